The number of nitrogens with two attached hydrogens (primary N) is 2. The van der Waals surface area contributed by atoms with Crippen molar-refractivity contribution in [1.82, 2.24) is 24.3 Å². The molecule has 2 unspecified atom stereocenters. The summed E-state index contributed by atoms with van der Waals surface area (Å²) in [5.41, 5.74) is 9.64. The number of anilines is 2. The summed E-state index contributed by atoms with van der Waals surface area (Å²) in [6.45, 7) is 4.08. The fraction of sp³-hybridized carbons (Fsp3) is 0.300. The van der Waals surface area contributed by atoms with Gasteiger partial charge in [0.1, 0.15) is 5.16 Å². The third-order valence-corrected chi connectivity index (χ3v) is 8.01. The standard InChI is InChI=1S/C30H33Cl2N9O2/c1-17(2)20-5-4-6-26(23-11-18(9-10-35-23)29-24(38-30(20)43)14-37-39(29)3)40-16-36-22(13-28(40)42)21-12-19(31)7-8-25(21)41(34)15-27(32)33/h7-17,20,26H,4-6,33-34H2,1-3H3,(H,38,43)/b27-15-. The number of aromatic nitrogens is 5. The van der Waals surface area contributed by atoms with Gasteiger partial charge < -0.3 is 11.1 Å². The van der Waals surface area contributed by atoms with Gasteiger partial charge in [0.25, 0.3) is 5.56 Å². The van der Waals surface area contributed by atoms with Crippen molar-refractivity contribution in [2.75, 3.05) is 10.3 Å². The average molecular weight is 623 g/mol. The number of halogens is 2. The van der Waals surface area contributed by atoms with E-state index in [1.54, 1.807) is 39.8 Å². The van der Waals surface area contributed by atoms with Gasteiger partial charge in [0, 0.05) is 41.4 Å². The highest BCUT2D eigenvalue weighted by Gasteiger charge is 2.27. The van der Waals surface area contributed by atoms with Crippen LogP contribution in [-0.2, 0) is 11.8 Å². The van der Waals surface area contributed by atoms with Crippen molar-refractivity contribution < 1.29 is 4.79 Å². The Hall–Kier alpha value is -4.19. The van der Waals surface area contributed by atoms with Crippen LogP contribution in [0.3, 0.4) is 0 Å². The van der Waals surface area contributed by atoms with Crippen molar-refractivity contribution in [3.63, 3.8) is 0 Å². The zero-order chi connectivity index (χ0) is 30.8. The number of pyridine rings is 1. The van der Waals surface area contributed by atoms with Crippen molar-refractivity contribution in [3.05, 3.63) is 87.5 Å². The zero-order valence-electron chi connectivity index (χ0n) is 24.0. The molecular formula is C30H33Cl2N9O2. The lowest BCUT2D eigenvalue weighted by molar-refractivity contribution is -0.121. The van der Waals surface area contributed by atoms with Gasteiger partial charge in [-0.3, -0.25) is 28.8 Å². The Kier molecular flexibility index (Phi) is 8.86. The van der Waals surface area contributed by atoms with Crippen LogP contribution in [-0.4, -0.2) is 30.2 Å². The predicted molar refractivity (Wildman–Crippen MR) is 169 cm³/mol. The van der Waals surface area contributed by atoms with Crippen molar-refractivity contribution in [2.24, 2.45) is 30.5 Å². The summed E-state index contributed by atoms with van der Waals surface area (Å²) >= 11 is 12.1. The van der Waals surface area contributed by atoms with Crippen LogP contribution in [0.1, 0.15) is 44.8 Å². The lowest BCUT2D eigenvalue weighted by atomic mass is 9.88. The van der Waals surface area contributed by atoms with E-state index >= 15 is 0 Å². The average Bonchev–Trinajstić information content (AvgIpc) is 3.31. The summed E-state index contributed by atoms with van der Waals surface area (Å²) in [6, 6.07) is 9.85. The van der Waals surface area contributed by atoms with Gasteiger partial charge in [-0.1, -0.05) is 43.5 Å². The molecular weight excluding hydrogens is 589 g/mol. The fourth-order valence-electron chi connectivity index (χ4n) is 5.53. The van der Waals surface area contributed by atoms with Crippen LogP contribution >= 0.6 is 23.2 Å². The largest absolute Gasteiger partial charge is 0.388 e. The Bertz CT molecular complexity index is 1740. The smallest absolute Gasteiger partial charge is 0.254 e. The molecule has 1 aliphatic rings. The van der Waals surface area contributed by atoms with Crippen LogP contribution in [0.4, 0.5) is 11.4 Å². The van der Waals surface area contributed by atoms with Crippen LogP contribution < -0.4 is 27.5 Å². The van der Waals surface area contributed by atoms with E-state index in [1.807, 2.05) is 33.0 Å². The molecule has 1 aromatic carbocycles. The van der Waals surface area contributed by atoms with Gasteiger partial charge >= 0.3 is 0 Å². The lowest BCUT2D eigenvalue weighted by Crippen LogP contribution is -2.29. The Morgan fingerprint density at radius 3 is 2.67 bits per heavy atom. The van der Waals surface area contributed by atoms with E-state index in [0.717, 1.165) is 11.3 Å². The van der Waals surface area contributed by atoms with Crippen LogP contribution in [0.2, 0.25) is 5.02 Å². The molecule has 1 aliphatic heterocycles. The molecule has 0 aliphatic carbocycles. The van der Waals surface area contributed by atoms with Gasteiger partial charge in [0.05, 0.1) is 53.2 Å². The zero-order valence-corrected chi connectivity index (χ0v) is 25.5. The summed E-state index contributed by atoms with van der Waals surface area (Å²) < 4.78 is 3.30. The molecule has 2 bridgehead atoms. The highest BCUT2D eigenvalue weighted by Crippen LogP contribution is 2.34. The summed E-state index contributed by atoms with van der Waals surface area (Å²) in [5, 5.41) is 9.16. The number of hydrogen-bond acceptors (Lipinski definition) is 8. The van der Waals surface area contributed by atoms with Crippen LogP contribution in [0.5, 0.6) is 0 Å². The molecule has 5 N–H and O–H groups in total. The number of nitrogens with zero attached hydrogens (tertiary/aromatic N) is 6. The highest BCUT2D eigenvalue weighted by atomic mass is 35.5. The van der Waals surface area contributed by atoms with E-state index in [2.05, 4.69) is 20.4 Å². The SMILES string of the molecule is CC(C)C1CCCC(n2cnc(-c3cc(Cl)ccc3N(N)/C=C(\N)Cl)cc2=O)c2cc(ccn2)-c2c(cnn2C)NC1=O. The maximum atomic E-state index is 13.7. The number of amides is 1. The molecule has 0 fully saturated rings. The normalized spacial score (nSPS) is 17.6. The second-order valence-corrected chi connectivity index (χ2v) is 11.8. The fourth-order valence-corrected chi connectivity index (χ4v) is 5.81. The minimum atomic E-state index is -0.426. The molecule has 0 saturated carbocycles. The maximum absolute atomic E-state index is 13.7. The molecule has 5 rings (SSSR count). The first-order valence-corrected chi connectivity index (χ1v) is 14.6. The Morgan fingerprint density at radius 2 is 1.95 bits per heavy atom. The van der Waals surface area contributed by atoms with Crippen molar-refractivity contribution in [1.29, 1.82) is 0 Å². The monoisotopic (exact) mass is 621 g/mol. The molecule has 43 heavy (non-hydrogen) atoms. The first-order valence-electron chi connectivity index (χ1n) is 13.9. The topological polar surface area (TPSA) is 150 Å². The van der Waals surface area contributed by atoms with E-state index in [1.165, 1.54) is 23.6 Å². The molecule has 0 saturated heterocycles. The van der Waals surface area contributed by atoms with Gasteiger partial charge in [0.2, 0.25) is 5.91 Å². The number of benzene rings is 1. The number of hydrazine groups is 1. The van der Waals surface area contributed by atoms with Gasteiger partial charge in [0.15, 0.2) is 0 Å². The van der Waals surface area contributed by atoms with E-state index in [0.29, 0.717) is 52.6 Å². The molecule has 3 aromatic heterocycles. The Balaban J connectivity index is 1.60. The van der Waals surface area contributed by atoms with Gasteiger partial charge in [-0.25, -0.2) is 10.8 Å². The predicted octanol–water partition coefficient (Wildman–Crippen LogP) is 5.02. The Morgan fingerprint density at radius 1 is 1.16 bits per heavy atom. The third-order valence-electron chi connectivity index (χ3n) is 7.67. The molecule has 0 radical (unpaired) electrons. The molecule has 1 amide bonds. The van der Waals surface area contributed by atoms with Crippen LogP contribution in [0.15, 0.2) is 71.3 Å². The van der Waals surface area contributed by atoms with Gasteiger partial charge in [-0.2, -0.15) is 5.10 Å². The van der Waals surface area contributed by atoms with Crippen LogP contribution in [0.25, 0.3) is 22.5 Å². The number of fused-ring (bicyclic) bond motifs is 4. The number of nitrogens with one attached hydrogen (secondary N) is 1. The first kappa shape index (κ1) is 30.3. The van der Waals surface area contributed by atoms with E-state index < -0.39 is 6.04 Å². The van der Waals surface area contributed by atoms with Crippen LogP contribution in [0, 0.1) is 11.8 Å². The Labute approximate surface area is 259 Å². The minimum Gasteiger partial charge on any atom is -0.388 e. The quantitative estimate of drug-likeness (QED) is 0.160. The summed E-state index contributed by atoms with van der Waals surface area (Å²) in [4.78, 5) is 36.4. The maximum Gasteiger partial charge on any atom is 0.254 e. The molecule has 11 nitrogen and oxygen atoms in total. The summed E-state index contributed by atoms with van der Waals surface area (Å²) in [6.07, 6.45) is 8.13. The van der Waals surface area contributed by atoms with E-state index in [9.17, 15) is 9.59 Å². The minimum absolute atomic E-state index is 0.0144. The molecule has 224 valence electrons. The number of rotatable bonds is 5. The second kappa shape index (κ2) is 12.6. The second-order valence-electron chi connectivity index (χ2n) is 10.9. The van der Waals surface area contributed by atoms with Gasteiger partial charge in [-0.15, -0.1) is 0 Å². The number of carbonyl (C=O) groups excluding carboxylic acids is 1. The summed E-state index contributed by atoms with van der Waals surface area (Å²) in [5.74, 6) is 6.03. The van der Waals surface area contributed by atoms with Crippen molar-refractivity contribution in [2.45, 2.75) is 39.2 Å². The van der Waals surface area contributed by atoms with Gasteiger partial charge in [-0.05, 0) is 49.1 Å². The highest BCUT2D eigenvalue weighted by molar-refractivity contribution is 6.31. The molecule has 0 spiro atoms. The number of carbonyl (C=O) groups is 1. The lowest BCUT2D eigenvalue weighted by Gasteiger charge is -2.24. The van der Waals surface area contributed by atoms with E-state index in [4.69, 9.17) is 34.8 Å². The summed E-state index contributed by atoms with van der Waals surface area (Å²) in [7, 11) is 1.82. The van der Waals surface area contributed by atoms with Crippen molar-refractivity contribution >= 4 is 40.5 Å². The molecule has 2 atom stereocenters. The third kappa shape index (κ3) is 6.43. The number of hydrogen-bond donors (Lipinski definition) is 3. The number of aryl methyl sites for hydroxylation is 1. The van der Waals surface area contributed by atoms with E-state index in [-0.39, 0.29) is 28.5 Å². The molecule has 4 heterocycles. The van der Waals surface area contributed by atoms with Crippen molar-refractivity contribution in [3.8, 4) is 22.5 Å². The first-order chi connectivity index (χ1) is 20.5. The molecule has 13 heteroatoms. The molecule has 4 aromatic rings.